The predicted octanol–water partition coefficient (Wildman–Crippen LogP) is 0.0955. The lowest BCUT2D eigenvalue weighted by Gasteiger charge is -2.29. The van der Waals surface area contributed by atoms with E-state index in [1.807, 2.05) is 6.92 Å². The molecule has 1 saturated heterocycles. The molecule has 4 nitrogen and oxygen atoms in total. The van der Waals surface area contributed by atoms with E-state index in [2.05, 4.69) is 4.90 Å². The average Bonchev–Trinajstić information content (AvgIpc) is 2.49. The van der Waals surface area contributed by atoms with E-state index in [1.165, 1.54) is 0 Å². The number of aliphatic hydroxyl groups is 1. The number of hydrogen-bond acceptors (Lipinski definition) is 3. The van der Waals surface area contributed by atoms with Gasteiger partial charge in [-0.1, -0.05) is 0 Å². The highest BCUT2D eigenvalue weighted by Crippen LogP contribution is 2.23. The number of nitrogens with two attached hydrogens (primary N) is 1. The van der Waals surface area contributed by atoms with Crippen LogP contribution in [-0.4, -0.2) is 40.6 Å². The molecule has 1 heterocycles. The quantitative estimate of drug-likeness (QED) is 0.676. The Morgan fingerprint density at radius 2 is 2.29 bits per heavy atom. The van der Waals surface area contributed by atoms with Gasteiger partial charge in [0.25, 0.3) is 0 Å². The van der Waals surface area contributed by atoms with Crippen LogP contribution in [-0.2, 0) is 4.79 Å². The van der Waals surface area contributed by atoms with Crippen LogP contribution in [0.25, 0.3) is 0 Å². The second-order valence-electron chi connectivity index (χ2n) is 4.20. The molecule has 0 aromatic heterocycles. The molecule has 0 aromatic rings. The van der Waals surface area contributed by atoms with E-state index in [1.54, 1.807) is 6.92 Å². The minimum atomic E-state index is -0.305. The SMILES string of the molecule is CC(O)CC1CCCN1C(C)C(N)=O. The standard InChI is InChI=1S/C10H20N2O2/c1-7(13)6-9-4-3-5-12(9)8(2)10(11)14/h7-9,13H,3-6H2,1-2H3,(H2,11,14). The van der Waals surface area contributed by atoms with Gasteiger partial charge in [0, 0.05) is 6.04 Å². The third-order valence-corrected chi connectivity index (χ3v) is 2.95. The molecule has 82 valence electrons. The Hall–Kier alpha value is -0.610. The summed E-state index contributed by atoms with van der Waals surface area (Å²) < 4.78 is 0. The van der Waals surface area contributed by atoms with E-state index in [-0.39, 0.29) is 18.1 Å². The molecule has 0 aromatic carbocycles. The lowest BCUT2D eigenvalue weighted by molar-refractivity contribution is -0.123. The summed E-state index contributed by atoms with van der Waals surface area (Å²) in [5.41, 5.74) is 5.27. The molecule has 0 bridgehead atoms. The summed E-state index contributed by atoms with van der Waals surface area (Å²) in [7, 11) is 0. The fourth-order valence-electron chi connectivity index (χ4n) is 2.18. The Balaban J connectivity index is 2.54. The van der Waals surface area contributed by atoms with Gasteiger partial charge in [-0.05, 0) is 39.7 Å². The second-order valence-corrected chi connectivity index (χ2v) is 4.20. The number of primary amides is 1. The number of aliphatic hydroxyl groups excluding tert-OH is 1. The van der Waals surface area contributed by atoms with Crippen LogP contribution in [0.1, 0.15) is 33.1 Å². The van der Waals surface area contributed by atoms with E-state index in [0.717, 1.165) is 25.8 Å². The van der Waals surface area contributed by atoms with Crippen LogP contribution in [0.5, 0.6) is 0 Å². The molecule has 1 rings (SSSR count). The van der Waals surface area contributed by atoms with Crippen molar-refractivity contribution in [1.82, 2.24) is 4.90 Å². The summed E-state index contributed by atoms with van der Waals surface area (Å²) in [6.07, 6.45) is 2.58. The van der Waals surface area contributed by atoms with Gasteiger partial charge in [-0.15, -0.1) is 0 Å². The molecule has 0 aliphatic carbocycles. The molecule has 0 saturated carbocycles. The van der Waals surface area contributed by atoms with E-state index in [0.29, 0.717) is 6.04 Å². The molecule has 0 radical (unpaired) electrons. The van der Waals surface area contributed by atoms with Crippen molar-refractivity contribution < 1.29 is 9.90 Å². The first kappa shape index (κ1) is 11.5. The third kappa shape index (κ3) is 2.69. The Bertz CT molecular complexity index is 206. The summed E-state index contributed by atoms with van der Waals surface area (Å²) in [5.74, 6) is -0.275. The van der Waals surface area contributed by atoms with E-state index >= 15 is 0 Å². The highest BCUT2D eigenvalue weighted by molar-refractivity contribution is 5.79. The fraction of sp³-hybridized carbons (Fsp3) is 0.900. The van der Waals surface area contributed by atoms with Gasteiger partial charge in [0.15, 0.2) is 0 Å². The second kappa shape index (κ2) is 4.75. The van der Waals surface area contributed by atoms with Crippen LogP contribution in [0.15, 0.2) is 0 Å². The Morgan fingerprint density at radius 3 is 2.79 bits per heavy atom. The Morgan fingerprint density at radius 1 is 1.64 bits per heavy atom. The van der Waals surface area contributed by atoms with Gasteiger partial charge >= 0.3 is 0 Å². The first-order valence-corrected chi connectivity index (χ1v) is 5.25. The minimum absolute atomic E-state index is 0.207. The van der Waals surface area contributed by atoms with Crippen LogP contribution in [0.3, 0.4) is 0 Å². The van der Waals surface area contributed by atoms with Crippen molar-refractivity contribution in [1.29, 1.82) is 0 Å². The maximum absolute atomic E-state index is 11.0. The third-order valence-electron chi connectivity index (χ3n) is 2.95. The Labute approximate surface area is 85.1 Å². The lowest BCUT2D eigenvalue weighted by atomic mass is 10.1. The van der Waals surface area contributed by atoms with Crippen molar-refractivity contribution in [3.8, 4) is 0 Å². The minimum Gasteiger partial charge on any atom is -0.393 e. The zero-order valence-corrected chi connectivity index (χ0v) is 8.94. The smallest absolute Gasteiger partial charge is 0.234 e. The Kier molecular flexibility index (Phi) is 3.89. The zero-order chi connectivity index (χ0) is 10.7. The molecule has 14 heavy (non-hydrogen) atoms. The average molecular weight is 200 g/mol. The van der Waals surface area contributed by atoms with Crippen LogP contribution in [0, 0.1) is 0 Å². The van der Waals surface area contributed by atoms with Crippen LogP contribution < -0.4 is 5.73 Å². The van der Waals surface area contributed by atoms with Gasteiger partial charge in [-0.3, -0.25) is 9.69 Å². The predicted molar refractivity (Wildman–Crippen MR) is 54.7 cm³/mol. The monoisotopic (exact) mass is 200 g/mol. The maximum atomic E-state index is 11.0. The van der Waals surface area contributed by atoms with Crippen molar-refractivity contribution in [2.45, 2.75) is 51.3 Å². The molecule has 1 aliphatic heterocycles. The van der Waals surface area contributed by atoms with Crippen molar-refractivity contribution in [3.63, 3.8) is 0 Å². The number of amides is 1. The molecule has 4 heteroatoms. The summed E-state index contributed by atoms with van der Waals surface area (Å²) in [6, 6.07) is 0.110. The van der Waals surface area contributed by atoms with Crippen LogP contribution in [0.4, 0.5) is 0 Å². The van der Waals surface area contributed by atoms with Crippen LogP contribution in [0.2, 0.25) is 0 Å². The molecule has 3 N–H and O–H groups in total. The van der Waals surface area contributed by atoms with E-state index < -0.39 is 0 Å². The number of carbonyl (C=O) groups excluding carboxylic acids is 1. The lowest BCUT2D eigenvalue weighted by Crippen LogP contribution is -2.45. The first-order valence-electron chi connectivity index (χ1n) is 5.25. The number of likely N-dealkylation sites (tertiary alicyclic amines) is 1. The number of nitrogens with zero attached hydrogens (tertiary/aromatic N) is 1. The summed E-state index contributed by atoms with van der Waals surface area (Å²) >= 11 is 0. The first-order chi connectivity index (χ1) is 6.52. The molecule has 1 aliphatic rings. The van der Waals surface area contributed by atoms with Gasteiger partial charge in [-0.2, -0.15) is 0 Å². The molecule has 3 atom stereocenters. The molecule has 1 fully saturated rings. The summed E-state index contributed by atoms with van der Waals surface area (Å²) in [5, 5.41) is 9.31. The highest BCUT2D eigenvalue weighted by Gasteiger charge is 2.31. The molecule has 1 amide bonds. The number of hydrogen-bond donors (Lipinski definition) is 2. The van der Waals surface area contributed by atoms with E-state index in [4.69, 9.17) is 5.73 Å². The van der Waals surface area contributed by atoms with Gasteiger partial charge in [0.1, 0.15) is 0 Å². The van der Waals surface area contributed by atoms with Gasteiger partial charge in [-0.25, -0.2) is 0 Å². The van der Waals surface area contributed by atoms with E-state index in [9.17, 15) is 9.90 Å². The number of rotatable bonds is 4. The van der Waals surface area contributed by atoms with Crippen molar-refractivity contribution in [2.24, 2.45) is 5.73 Å². The van der Waals surface area contributed by atoms with Crippen LogP contribution >= 0.6 is 0 Å². The zero-order valence-electron chi connectivity index (χ0n) is 8.94. The van der Waals surface area contributed by atoms with Crippen molar-refractivity contribution in [3.05, 3.63) is 0 Å². The molecule has 3 unspecified atom stereocenters. The van der Waals surface area contributed by atoms with Gasteiger partial charge < -0.3 is 10.8 Å². The van der Waals surface area contributed by atoms with Gasteiger partial charge in [0.2, 0.25) is 5.91 Å². The topological polar surface area (TPSA) is 66.6 Å². The molecular formula is C10H20N2O2. The number of carbonyl (C=O) groups is 1. The summed E-state index contributed by atoms with van der Waals surface area (Å²) in [6.45, 7) is 4.54. The van der Waals surface area contributed by atoms with Crippen molar-refractivity contribution >= 4 is 5.91 Å². The molecule has 0 spiro atoms. The van der Waals surface area contributed by atoms with Gasteiger partial charge in [0.05, 0.1) is 12.1 Å². The molecular weight excluding hydrogens is 180 g/mol. The fourth-order valence-corrected chi connectivity index (χ4v) is 2.18. The summed E-state index contributed by atoms with van der Waals surface area (Å²) in [4.78, 5) is 13.1. The maximum Gasteiger partial charge on any atom is 0.234 e. The normalized spacial score (nSPS) is 27.5. The van der Waals surface area contributed by atoms with Crippen molar-refractivity contribution in [2.75, 3.05) is 6.54 Å². The highest BCUT2D eigenvalue weighted by atomic mass is 16.3. The largest absolute Gasteiger partial charge is 0.393 e.